The minimum Gasteiger partial charge on any atom is -0.293 e. The number of carbonyl (C=O) groups is 1. The fourth-order valence-electron chi connectivity index (χ4n) is 1.04. The molecule has 54 valence electrons. The van der Waals surface area contributed by atoms with E-state index in [4.69, 9.17) is 0 Å². The van der Waals surface area contributed by atoms with Crippen molar-refractivity contribution in [3.63, 3.8) is 0 Å². The van der Waals surface area contributed by atoms with Gasteiger partial charge in [0.05, 0.1) is 5.36 Å². The molecule has 0 bridgehead atoms. The molecule has 2 rings (SSSR count). The molecule has 0 saturated carbocycles. The van der Waals surface area contributed by atoms with Gasteiger partial charge in [-0.3, -0.25) is 14.8 Å². The number of pyridine rings is 1. The highest BCUT2D eigenvalue weighted by Gasteiger charge is 2.00. The van der Waals surface area contributed by atoms with Crippen molar-refractivity contribution in [2.45, 2.75) is 0 Å². The van der Waals surface area contributed by atoms with E-state index in [1.165, 1.54) is 0 Å². The van der Waals surface area contributed by atoms with Crippen LogP contribution in [0.3, 0.4) is 0 Å². The predicted octanol–water partition coefficient (Wildman–Crippen LogP) is -0.936. The first-order valence-electron chi connectivity index (χ1n) is 3.35. The Morgan fingerprint density at radius 1 is 1.45 bits per heavy atom. The van der Waals surface area contributed by atoms with Crippen molar-refractivity contribution in [3.05, 3.63) is 29.0 Å². The Morgan fingerprint density at radius 2 is 2.36 bits per heavy atom. The summed E-state index contributed by atoms with van der Waals surface area (Å²) in [5, 5.41) is 1.68. The summed E-state index contributed by atoms with van der Waals surface area (Å²) in [7, 11) is 0. The van der Waals surface area contributed by atoms with E-state index in [0.717, 1.165) is 10.6 Å². The lowest BCUT2D eigenvalue weighted by Gasteiger charge is -1.95. The molecule has 0 fully saturated rings. The molecule has 0 N–H and O–H groups in total. The zero-order valence-corrected chi connectivity index (χ0v) is 5.82. The third-order valence-corrected chi connectivity index (χ3v) is 1.55. The van der Waals surface area contributed by atoms with Crippen LogP contribution in [0.4, 0.5) is 0 Å². The van der Waals surface area contributed by atoms with Gasteiger partial charge in [-0.15, -0.1) is 0 Å². The van der Waals surface area contributed by atoms with Crippen molar-refractivity contribution >= 4 is 11.9 Å². The molecule has 0 radical (unpaired) electrons. The molecule has 1 aliphatic heterocycles. The quantitative estimate of drug-likeness (QED) is 0.474. The Kier molecular flexibility index (Phi) is 1.28. The molecular weight excluding hydrogens is 140 g/mol. The fraction of sp³-hybridized carbons (Fsp3) is 0.125. The van der Waals surface area contributed by atoms with Crippen LogP contribution < -0.4 is 10.6 Å². The van der Waals surface area contributed by atoms with Gasteiger partial charge in [0.25, 0.3) is 0 Å². The minimum absolute atomic E-state index is 0.0468. The number of hydrogen-bond acceptors (Lipinski definition) is 3. The van der Waals surface area contributed by atoms with Gasteiger partial charge in [-0.1, -0.05) is 0 Å². The van der Waals surface area contributed by atoms with Gasteiger partial charge < -0.3 is 0 Å². The highest BCUT2D eigenvalue weighted by atomic mass is 16.1. The first-order valence-corrected chi connectivity index (χ1v) is 3.35. The van der Waals surface area contributed by atoms with Crippen LogP contribution in [0.15, 0.2) is 23.5 Å². The Morgan fingerprint density at radius 3 is 3.27 bits per heavy atom. The average Bonchev–Trinajstić information content (AvgIpc) is 2.04. The summed E-state index contributed by atoms with van der Waals surface area (Å²) in [4.78, 5) is 18.8. The molecule has 0 amide bonds. The van der Waals surface area contributed by atoms with Gasteiger partial charge in [0, 0.05) is 17.6 Å². The molecule has 11 heavy (non-hydrogen) atoms. The lowest BCUT2D eigenvalue weighted by Crippen LogP contribution is -2.31. The van der Waals surface area contributed by atoms with E-state index < -0.39 is 0 Å². The molecule has 0 aromatic carbocycles. The van der Waals surface area contributed by atoms with Crippen molar-refractivity contribution in [3.8, 4) is 0 Å². The molecule has 0 saturated heterocycles. The number of nitrogens with zero attached hydrogens (tertiary/aromatic N) is 2. The second-order valence-corrected chi connectivity index (χ2v) is 2.36. The molecule has 2 heterocycles. The molecule has 1 aromatic rings. The van der Waals surface area contributed by atoms with Crippen LogP contribution in [-0.4, -0.2) is 17.3 Å². The highest BCUT2D eigenvalue weighted by Crippen LogP contribution is 1.80. The van der Waals surface area contributed by atoms with Gasteiger partial charge >= 0.3 is 0 Å². The average molecular weight is 146 g/mol. The summed E-state index contributed by atoms with van der Waals surface area (Å²) >= 11 is 0. The monoisotopic (exact) mass is 146 g/mol. The van der Waals surface area contributed by atoms with Crippen LogP contribution in [0.5, 0.6) is 0 Å². The van der Waals surface area contributed by atoms with Gasteiger partial charge in [-0.05, 0) is 12.1 Å². The Labute approximate surface area is 63.1 Å². The van der Waals surface area contributed by atoms with Crippen LogP contribution in [0, 0.1) is 0 Å². The molecule has 1 aliphatic rings. The van der Waals surface area contributed by atoms with E-state index >= 15 is 0 Å². The number of rotatable bonds is 0. The molecule has 1 aromatic heterocycles. The Balaban J connectivity index is 2.83. The number of hydrogen-bond donors (Lipinski definition) is 0. The maximum absolute atomic E-state index is 10.8. The summed E-state index contributed by atoms with van der Waals surface area (Å²) in [6.07, 6.45) is 4.90. The molecule has 3 nitrogen and oxygen atoms in total. The van der Waals surface area contributed by atoms with E-state index in [1.807, 2.05) is 0 Å². The minimum atomic E-state index is 0.0468. The molecular formula is C8H6N2O. The Hall–Kier alpha value is -1.51. The lowest BCUT2D eigenvalue weighted by molar-refractivity contribution is -0.112. The predicted molar refractivity (Wildman–Crippen MR) is 39.4 cm³/mol. The number of fused-ring (bicyclic) bond motifs is 1. The number of carbonyl (C=O) groups excluding carboxylic acids is 1. The number of ketones is 1. The maximum atomic E-state index is 10.8. The third kappa shape index (κ3) is 1.05. The smallest absolute Gasteiger partial charge is 0.177 e. The van der Waals surface area contributed by atoms with Crippen molar-refractivity contribution in [2.75, 3.05) is 6.54 Å². The molecule has 0 atom stereocenters. The largest absolute Gasteiger partial charge is 0.293 e. The maximum Gasteiger partial charge on any atom is 0.177 e. The number of aromatic nitrogens is 1. The fourth-order valence-corrected chi connectivity index (χ4v) is 1.04. The summed E-state index contributed by atoms with van der Waals surface area (Å²) in [6.45, 7) is 0.275. The summed E-state index contributed by atoms with van der Waals surface area (Å²) in [6, 6.07) is 1.80. The van der Waals surface area contributed by atoms with Crippen LogP contribution in [0.2, 0.25) is 0 Å². The van der Waals surface area contributed by atoms with Gasteiger partial charge in [-0.25, -0.2) is 0 Å². The second kappa shape index (κ2) is 2.27. The zero-order chi connectivity index (χ0) is 7.68. The van der Waals surface area contributed by atoms with E-state index in [9.17, 15) is 4.79 Å². The highest BCUT2D eigenvalue weighted by molar-refractivity contribution is 6.07. The summed E-state index contributed by atoms with van der Waals surface area (Å²) < 4.78 is 0. The first kappa shape index (κ1) is 6.22. The van der Waals surface area contributed by atoms with Crippen molar-refractivity contribution in [2.24, 2.45) is 4.99 Å². The van der Waals surface area contributed by atoms with Gasteiger partial charge in [-0.2, -0.15) is 0 Å². The van der Waals surface area contributed by atoms with Crippen LogP contribution in [-0.2, 0) is 4.79 Å². The zero-order valence-electron chi connectivity index (χ0n) is 5.82. The second-order valence-electron chi connectivity index (χ2n) is 2.36. The summed E-state index contributed by atoms with van der Waals surface area (Å²) in [5.41, 5.74) is 0. The van der Waals surface area contributed by atoms with E-state index in [-0.39, 0.29) is 12.3 Å². The van der Waals surface area contributed by atoms with E-state index in [1.54, 1.807) is 24.5 Å². The topological polar surface area (TPSA) is 42.3 Å². The van der Waals surface area contributed by atoms with Crippen LogP contribution >= 0.6 is 0 Å². The van der Waals surface area contributed by atoms with Crippen molar-refractivity contribution < 1.29 is 4.79 Å². The first-order chi connectivity index (χ1) is 5.36. The van der Waals surface area contributed by atoms with Gasteiger partial charge in [0.2, 0.25) is 0 Å². The molecule has 0 unspecified atom stereocenters. The van der Waals surface area contributed by atoms with E-state index in [0.29, 0.717) is 0 Å². The number of Topliss-reactive ketones (excluding diaryl/α,β-unsaturated/α-hetero) is 1. The molecule has 0 spiro atoms. The van der Waals surface area contributed by atoms with Crippen molar-refractivity contribution in [1.29, 1.82) is 0 Å². The van der Waals surface area contributed by atoms with Crippen molar-refractivity contribution in [1.82, 2.24) is 4.98 Å². The van der Waals surface area contributed by atoms with Crippen LogP contribution in [0.1, 0.15) is 0 Å². The molecule has 3 heteroatoms. The SMILES string of the molecule is O=C1C=c2cnccc2=NC1. The lowest BCUT2D eigenvalue weighted by atomic mass is 10.2. The summed E-state index contributed by atoms with van der Waals surface area (Å²) in [5.74, 6) is 0.0468. The van der Waals surface area contributed by atoms with Gasteiger partial charge in [0.1, 0.15) is 6.54 Å². The standard InChI is InChI=1S/C8H6N2O/c11-7-3-6-4-9-2-1-8(6)10-5-7/h1-4H,5H2. The van der Waals surface area contributed by atoms with Gasteiger partial charge in [0.15, 0.2) is 5.78 Å². The third-order valence-electron chi connectivity index (χ3n) is 1.55. The molecule has 0 aliphatic carbocycles. The Bertz CT molecular complexity index is 408. The van der Waals surface area contributed by atoms with Crippen LogP contribution in [0.25, 0.3) is 6.08 Å². The normalized spacial score (nSPS) is 14.7. The van der Waals surface area contributed by atoms with E-state index in [2.05, 4.69) is 9.98 Å².